The van der Waals surface area contributed by atoms with Gasteiger partial charge in [-0.25, -0.2) is 0 Å². The number of anilines is 1. The molecular formula is C22H28BrNO2. The molecule has 1 amide bonds. The monoisotopic (exact) mass is 417 g/mol. The lowest BCUT2D eigenvalue weighted by atomic mass is 9.92. The van der Waals surface area contributed by atoms with E-state index in [-0.39, 0.29) is 5.91 Å². The molecule has 2 aromatic carbocycles. The second kappa shape index (κ2) is 9.77. The molecule has 0 radical (unpaired) electrons. The molecule has 0 aliphatic rings. The van der Waals surface area contributed by atoms with Crippen molar-refractivity contribution in [2.45, 2.75) is 52.4 Å². The predicted molar refractivity (Wildman–Crippen MR) is 112 cm³/mol. The number of amides is 1. The average molecular weight is 418 g/mol. The van der Waals surface area contributed by atoms with E-state index in [0.29, 0.717) is 31.3 Å². The number of benzene rings is 2. The van der Waals surface area contributed by atoms with Crippen LogP contribution in [0.5, 0.6) is 5.75 Å². The highest BCUT2D eigenvalue weighted by atomic mass is 79.9. The van der Waals surface area contributed by atoms with Crippen molar-refractivity contribution >= 4 is 27.5 Å². The predicted octanol–water partition coefficient (Wildman–Crippen LogP) is 6.49. The van der Waals surface area contributed by atoms with E-state index in [1.165, 1.54) is 11.1 Å². The van der Waals surface area contributed by atoms with Crippen LogP contribution in [0.4, 0.5) is 5.69 Å². The van der Waals surface area contributed by atoms with E-state index in [1.807, 2.05) is 24.3 Å². The summed E-state index contributed by atoms with van der Waals surface area (Å²) in [7, 11) is 0. The largest absolute Gasteiger partial charge is 0.494 e. The smallest absolute Gasteiger partial charge is 0.224 e. The van der Waals surface area contributed by atoms with Crippen molar-refractivity contribution in [2.75, 3.05) is 11.9 Å². The van der Waals surface area contributed by atoms with Gasteiger partial charge >= 0.3 is 0 Å². The van der Waals surface area contributed by atoms with Gasteiger partial charge in [0, 0.05) is 16.6 Å². The fourth-order valence-corrected chi connectivity index (χ4v) is 3.26. The summed E-state index contributed by atoms with van der Waals surface area (Å²) in [6.07, 6.45) is 1.12. The molecule has 0 atom stereocenters. The van der Waals surface area contributed by atoms with Gasteiger partial charge in [0.2, 0.25) is 5.91 Å². The number of ether oxygens (including phenoxy) is 1. The van der Waals surface area contributed by atoms with Crippen LogP contribution < -0.4 is 10.1 Å². The fourth-order valence-electron chi connectivity index (χ4n) is 2.88. The van der Waals surface area contributed by atoms with Gasteiger partial charge in [-0.2, -0.15) is 0 Å². The summed E-state index contributed by atoms with van der Waals surface area (Å²) in [4.78, 5) is 12.5. The van der Waals surface area contributed by atoms with E-state index in [2.05, 4.69) is 67.1 Å². The molecule has 0 heterocycles. The quantitative estimate of drug-likeness (QED) is 0.498. The minimum absolute atomic E-state index is 0.0397. The second-order valence-electron chi connectivity index (χ2n) is 7.08. The first-order chi connectivity index (χ1) is 12.4. The van der Waals surface area contributed by atoms with Crippen LogP contribution >= 0.6 is 15.9 Å². The second-order valence-corrected chi connectivity index (χ2v) is 7.99. The number of hydrogen-bond acceptors (Lipinski definition) is 2. The normalized spacial score (nSPS) is 11.0. The summed E-state index contributed by atoms with van der Waals surface area (Å²) in [6.45, 7) is 9.14. The van der Waals surface area contributed by atoms with Crippen molar-refractivity contribution in [1.29, 1.82) is 0 Å². The molecule has 0 aromatic heterocycles. The van der Waals surface area contributed by atoms with Gasteiger partial charge < -0.3 is 10.1 Å². The van der Waals surface area contributed by atoms with E-state index in [4.69, 9.17) is 4.74 Å². The molecule has 0 aliphatic heterocycles. The van der Waals surface area contributed by atoms with Crippen molar-refractivity contribution in [1.82, 2.24) is 0 Å². The van der Waals surface area contributed by atoms with Crippen molar-refractivity contribution in [2.24, 2.45) is 0 Å². The maximum absolute atomic E-state index is 12.5. The highest BCUT2D eigenvalue weighted by molar-refractivity contribution is 9.10. The Bertz CT molecular complexity index is 714. The fraction of sp³-hybridized carbons (Fsp3) is 0.409. The number of carbonyl (C=O) groups is 1. The maximum Gasteiger partial charge on any atom is 0.224 e. The van der Waals surface area contributed by atoms with Crippen LogP contribution in [0.3, 0.4) is 0 Å². The van der Waals surface area contributed by atoms with Gasteiger partial charge in [0.25, 0.3) is 0 Å². The molecule has 2 rings (SSSR count). The highest BCUT2D eigenvalue weighted by Gasteiger charge is 2.15. The third-order valence-corrected chi connectivity index (χ3v) is 4.74. The molecule has 0 aliphatic carbocycles. The SMILES string of the molecule is CC(C)c1cccc(C(C)C)c1NC(=O)CCCOc1cccc(Br)c1. The van der Waals surface area contributed by atoms with Gasteiger partial charge in [0.1, 0.15) is 5.75 Å². The zero-order valence-electron chi connectivity index (χ0n) is 16.0. The molecule has 0 bridgehead atoms. The van der Waals surface area contributed by atoms with Gasteiger partial charge in [0.05, 0.1) is 6.61 Å². The topological polar surface area (TPSA) is 38.3 Å². The van der Waals surface area contributed by atoms with Gasteiger partial charge in [-0.1, -0.05) is 67.9 Å². The molecule has 140 valence electrons. The summed E-state index contributed by atoms with van der Waals surface area (Å²) >= 11 is 3.42. The van der Waals surface area contributed by atoms with Crippen LogP contribution in [0, 0.1) is 0 Å². The standard InChI is InChI=1S/C22H28BrNO2/c1-15(2)19-10-6-11-20(16(3)4)22(19)24-21(25)12-7-13-26-18-9-5-8-17(23)14-18/h5-6,8-11,14-16H,7,12-13H2,1-4H3,(H,24,25). The highest BCUT2D eigenvalue weighted by Crippen LogP contribution is 2.32. The lowest BCUT2D eigenvalue weighted by molar-refractivity contribution is -0.116. The molecular weight excluding hydrogens is 390 g/mol. The number of para-hydroxylation sites is 1. The van der Waals surface area contributed by atoms with E-state index >= 15 is 0 Å². The van der Waals surface area contributed by atoms with Crippen LogP contribution in [0.1, 0.15) is 63.5 Å². The van der Waals surface area contributed by atoms with Gasteiger partial charge in [-0.05, 0) is 47.6 Å². The number of carbonyl (C=O) groups excluding carboxylic acids is 1. The first-order valence-electron chi connectivity index (χ1n) is 9.19. The van der Waals surface area contributed by atoms with E-state index in [0.717, 1.165) is 15.9 Å². The van der Waals surface area contributed by atoms with Crippen molar-refractivity contribution in [3.63, 3.8) is 0 Å². The third-order valence-electron chi connectivity index (χ3n) is 4.25. The lowest BCUT2D eigenvalue weighted by Gasteiger charge is -2.20. The first kappa shape index (κ1) is 20.5. The molecule has 0 saturated heterocycles. The van der Waals surface area contributed by atoms with Crippen molar-refractivity contribution in [3.8, 4) is 5.75 Å². The molecule has 0 saturated carbocycles. The average Bonchev–Trinajstić information content (AvgIpc) is 2.58. The Kier molecular flexibility index (Phi) is 7.70. The molecule has 3 nitrogen and oxygen atoms in total. The van der Waals surface area contributed by atoms with Crippen LogP contribution in [-0.4, -0.2) is 12.5 Å². The van der Waals surface area contributed by atoms with E-state index in [9.17, 15) is 4.79 Å². The summed E-state index contributed by atoms with van der Waals surface area (Å²) in [5, 5.41) is 3.15. The summed E-state index contributed by atoms with van der Waals surface area (Å²) < 4.78 is 6.69. The van der Waals surface area contributed by atoms with Crippen molar-refractivity contribution in [3.05, 3.63) is 58.1 Å². The molecule has 26 heavy (non-hydrogen) atoms. The Morgan fingerprint density at radius 3 is 2.23 bits per heavy atom. The first-order valence-corrected chi connectivity index (χ1v) is 9.98. The van der Waals surface area contributed by atoms with Gasteiger partial charge in [-0.3, -0.25) is 4.79 Å². The Balaban J connectivity index is 1.93. The Morgan fingerprint density at radius 1 is 1.04 bits per heavy atom. The number of rotatable bonds is 8. The third kappa shape index (κ3) is 5.87. The molecule has 2 aromatic rings. The van der Waals surface area contributed by atoms with Gasteiger partial charge in [0.15, 0.2) is 0 Å². The van der Waals surface area contributed by atoms with Crippen LogP contribution in [0.2, 0.25) is 0 Å². The molecule has 4 heteroatoms. The Labute approximate surface area is 165 Å². The Hall–Kier alpha value is -1.81. The van der Waals surface area contributed by atoms with Crippen molar-refractivity contribution < 1.29 is 9.53 Å². The minimum atomic E-state index is 0.0397. The van der Waals surface area contributed by atoms with Crippen LogP contribution in [0.25, 0.3) is 0 Å². The van der Waals surface area contributed by atoms with E-state index < -0.39 is 0 Å². The Morgan fingerprint density at radius 2 is 1.65 bits per heavy atom. The van der Waals surface area contributed by atoms with Crippen LogP contribution in [0.15, 0.2) is 46.9 Å². The zero-order chi connectivity index (χ0) is 19.1. The number of nitrogens with one attached hydrogen (secondary N) is 1. The molecule has 0 fully saturated rings. The van der Waals surface area contributed by atoms with E-state index in [1.54, 1.807) is 0 Å². The zero-order valence-corrected chi connectivity index (χ0v) is 17.6. The summed E-state index contributed by atoms with van der Waals surface area (Å²) in [5.74, 6) is 1.58. The molecule has 0 spiro atoms. The van der Waals surface area contributed by atoms with Gasteiger partial charge in [-0.15, -0.1) is 0 Å². The summed E-state index contributed by atoms with van der Waals surface area (Å²) in [6, 6.07) is 14.0. The minimum Gasteiger partial charge on any atom is -0.494 e. The lowest BCUT2D eigenvalue weighted by Crippen LogP contribution is -2.16. The number of hydrogen-bond donors (Lipinski definition) is 1. The molecule has 0 unspecified atom stereocenters. The maximum atomic E-state index is 12.5. The van der Waals surface area contributed by atoms with Crippen LogP contribution in [-0.2, 0) is 4.79 Å². The molecule has 1 N–H and O–H groups in total. The summed E-state index contributed by atoms with van der Waals surface area (Å²) in [5.41, 5.74) is 3.36. The number of halogens is 1.